The number of nitrogens with zero attached hydrogens (tertiary/aromatic N) is 3. The minimum absolute atomic E-state index is 0.0902. The Hall–Kier alpha value is -2.21. The molecule has 3 amide bonds. The zero-order valence-electron chi connectivity index (χ0n) is 15.5. The second-order valence-electron chi connectivity index (χ2n) is 7.41. The van der Waals surface area contributed by atoms with Crippen LogP contribution in [0.25, 0.3) is 0 Å². The molecule has 2 aliphatic rings. The fourth-order valence-corrected chi connectivity index (χ4v) is 4.35. The Labute approximate surface area is 167 Å². The fraction of sp³-hybridized carbons (Fsp3) is 0.381. The molecule has 2 aromatic rings. The number of aromatic nitrogens is 1. The topological polar surface area (TPSA) is 53.5 Å². The van der Waals surface area contributed by atoms with Crippen LogP contribution in [-0.4, -0.2) is 27.9 Å². The standard InChI is InChI=1S/C21H22BrN3O2/c1-13(2)24-19(14-7-9-16(22)10-8-14)20(26)25(21(24)27)18-12-23-11-15-5-3-4-6-17(15)18/h7-13,19H,3-6H2,1-2H3. The van der Waals surface area contributed by atoms with Gasteiger partial charge in [-0.1, -0.05) is 28.1 Å². The number of fused-ring (bicyclic) bond motifs is 1. The summed E-state index contributed by atoms with van der Waals surface area (Å²) in [5, 5.41) is 0. The highest BCUT2D eigenvalue weighted by molar-refractivity contribution is 9.10. The van der Waals surface area contributed by atoms with Crippen molar-refractivity contribution >= 4 is 33.6 Å². The number of hydrogen-bond acceptors (Lipinski definition) is 3. The molecule has 1 atom stereocenters. The van der Waals surface area contributed by atoms with Crippen molar-refractivity contribution in [2.45, 2.75) is 51.6 Å². The molecule has 1 fully saturated rings. The first kappa shape index (κ1) is 18.2. The van der Waals surface area contributed by atoms with Crippen molar-refractivity contribution in [2.24, 2.45) is 0 Å². The average Bonchev–Trinajstić information content (AvgIpc) is 2.92. The largest absolute Gasteiger partial charge is 0.332 e. The lowest BCUT2D eigenvalue weighted by Gasteiger charge is -2.26. The number of urea groups is 1. The van der Waals surface area contributed by atoms with Crippen LogP contribution in [0.4, 0.5) is 10.5 Å². The number of benzene rings is 1. The minimum atomic E-state index is -0.606. The van der Waals surface area contributed by atoms with Crippen LogP contribution >= 0.6 is 15.9 Å². The summed E-state index contributed by atoms with van der Waals surface area (Å²) >= 11 is 3.43. The highest BCUT2D eigenvalue weighted by Gasteiger charge is 2.48. The van der Waals surface area contributed by atoms with Crippen LogP contribution in [-0.2, 0) is 17.6 Å². The number of anilines is 1. The van der Waals surface area contributed by atoms with Gasteiger partial charge in [-0.25, -0.2) is 9.69 Å². The summed E-state index contributed by atoms with van der Waals surface area (Å²) in [4.78, 5) is 34.1. The van der Waals surface area contributed by atoms with Crippen molar-refractivity contribution in [1.29, 1.82) is 0 Å². The maximum Gasteiger partial charge on any atom is 0.332 e. The Balaban J connectivity index is 1.80. The van der Waals surface area contributed by atoms with E-state index in [4.69, 9.17) is 0 Å². The van der Waals surface area contributed by atoms with Gasteiger partial charge >= 0.3 is 6.03 Å². The first-order valence-corrected chi connectivity index (χ1v) is 10.2. The van der Waals surface area contributed by atoms with Gasteiger partial charge in [0.15, 0.2) is 0 Å². The van der Waals surface area contributed by atoms with Crippen molar-refractivity contribution < 1.29 is 9.59 Å². The molecule has 4 rings (SSSR count). The lowest BCUT2D eigenvalue weighted by molar-refractivity contribution is -0.120. The van der Waals surface area contributed by atoms with E-state index >= 15 is 0 Å². The zero-order valence-corrected chi connectivity index (χ0v) is 17.1. The Morgan fingerprint density at radius 1 is 1.07 bits per heavy atom. The van der Waals surface area contributed by atoms with E-state index in [-0.39, 0.29) is 18.0 Å². The van der Waals surface area contributed by atoms with Gasteiger partial charge in [0.2, 0.25) is 0 Å². The molecule has 1 aromatic heterocycles. The van der Waals surface area contributed by atoms with E-state index in [1.54, 1.807) is 11.1 Å². The van der Waals surface area contributed by atoms with Crippen LogP contribution in [0.1, 0.15) is 49.4 Å². The number of halogens is 1. The van der Waals surface area contributed by atoms with Crippen LogP contribution < -0.4 is 4.90 Å². The van der Waals surface area contributed by atoms with Crippen molar-refractivity contribution in [3.8, 4) is 0 Å². The van der Waals surface area contributed by atoms with E-state index in [1.165, 1.54) is 4.90 Å². The van der Waals surface area contributed by atoms with Crippen LogP contribution in [0.2, 0.25) is 0 Å². The lowest BCUT2D eigenvalue weighted by Crippen LogP contribution is -2.37. The summed E-state index contributed by atoms with van der Waals surface area (Å²) in [6, 6.07) is 6.65. The Kier molecular flexibility index (Phi) is 4.76. The predicted molar refractivity (Wildman–Crippen MR) is 108 cm³/mol. The number of carbonyl (C=O) groups is 2. The number of imide groups is 1. The Bertz CT molecular complexity index is 895. The van der Waals surface area contributed by atoms with Gasteiger partial charge in [-0.05, 0) is 68.4 Å². The number of amides is 3. The van der Waals surface area contributed by atoms with Gasteiger partial charge in [0.25, 0.3) is 5.91 Å². The molecule has 6 heteroatoms. The van der Waals surface area contributed by atoms with Gasteiger partial charge in [0.05, 0.1) is 11.9 Å². The third kappa shape index (κ3) is 3.06. The van der Waals surface area contributed by atoms with E-state index in [2.05, 4.69) is 20.9 Å². The number of hydrogen-bond donors (Lipinski definition) is 0. The maximum atomic E-state index is 13.4. The van der Waals surface area contributed by atoms with Crippen LogP contribution in [0, 0.1) is 0 Å². The number of carbonyl (C=O) groups excluding carboxylic acids is 2. The summed E-state index contributed by atoms with van der Waals surface area (Å²) in [5.41, 5.74) is 3.73. The molecule has 1 aromatic carbocycles. The molecule has 1 unspecified atom stereocenters. The van der Waals surface area contributed by atoms with Crippen molar-refractivity contribution in [1.82, 2.24) is 9.88 Å². The summed E-state index contributed by atoms with van der Waals surface area (Å²) < 4.78 is 0.942. The highest BCUT2D eigenvalue weighted by Crippen LogP contribution is 2.39. The van der Waals surface area contributed by atoms with Crippen LogP contribution in [0.5, 0.6) is 0 Å². The summed E-state index contributed by atoms with van der Waals surface area (Å²) in [7, 11) is 0. The minimum Gasteiger partial charge on any atom is -0.305 e. The predicted octanol–water partition coefficient (Wildman–Crippen LogP) is 4.64. The molecule has 5 nitrogen and oxygen atoms in total. The molecular formula is C21H22BrN3O2. The van der Waals surface area contributed by atoms with Gasteiger partial charge in [-0.15, -0.1) is 0 Å². The number of pyridine rings is 1. The summed E-state index contributed by atoms with van der Waals surface area (Å²) in [6.45, 7) is 3.89. The van der Waals surface area contributed by atoms with E-state index in [9.17, 15) is 9.59 Å². The van der Waals surface area contributed by atoms with Crippen LogP contribution in [0.15, 0.2) is 41.1 Å². The van der Waals surface area contributed by atoms with Gasteiger partial charge in [-0.3, -0.25) is 9.78 Å². The molecule has 0 N–H and O–H groups in total. The van der Waals surface area contributed by atoms with Crippen molar-refractivity contribution in [2.75, 3.05) is 4.90 Å². The second kappa shape index (κ2) is 7.08. The first-order chi connectivity index (χ1) is 13.0. The van der Waals surface area contributed by atoms with E-state index in [1.807, 2.05) is 44.3 Å². The zero-order chi connectivity index (χ0) is 19.1. The molecule has 0 saturated carbocycles. The second-order valence-corrected chi connectivity index (χ2v) is 8.33. The molecule has 1 aliphatic heterocycles. The average molecular weight is 428 g/mol. The first-order valence-electron chi connectivity index (χ1n) is 9.36. The summed E-state index contributed by atoms with van der Waals surface area (Å²) in [5.74, 6) is -0.197. The number of aryl methyl sites for hydroxylation is 1. The smallest absolute Gasteiger partial charge is 0.305 e. The maximum absolute atomic E-state index is 13.4. The summed E-state index contributed by atoms with van der Waals surface area (Å²) in [6.07, 6.45) is 7.58. The van der Waals surface area contributed by atoms with Crippen molar-refractivity contribution in [3.05, 3.63) is 57.8 Å². The molecule has 0 spiro atoms. The molecule has 1 saturated heterocycles. The van der Waals surface area contributed by atoms with Gasteiger partial charge < -0.3 is 4.90 Å². The molecule has 140 valence electrons. The van der Waals surface area contributed by atoms with E-state index in [0.29, 0.717) is 5.69 Å². The molecule has 27 heavy (non-hydrogen) atoms. The SMILES string of the molecule is CC(C)N1C(=O)N(c2cncc3c2CCCC3)C(=O)C1c1ccc(Br)cc1. The molecular weight excluding hydrogens is 406 g/mol. The van der Waals surface area contributed by atoms with Gasteiger partial charge in [0, 0.05) is 16.7 Å². The third-order valence-corrected chi connectivity index (χ3v) is 5.90. The van der Waals surface area contributed by atoms with Gasteiger partial charge in [-0.2, -0.15) is 0 Å². The third-order valence-electron chi connectivity index (χ3n) is 5.37. The molecule has 1 aliphatic carbocycles. The monoisotopic (exact) mass is 427 g/mol. The molecule has 0 bridgehead atoms. The van der Waals surface area contributed by atoms with Crippen LogP contribution in [0.3, 0.4) is 0 Å². The molecule has 2 heterocycles. The normalized spacial score (nSPS) is 19.8. The van der Waals surface area contributed by atoms with Crippen molar-refractivity contribution in [3.63, 3.8) is 0 Å². The lowest BCUT2D eigenvalue weighted by atomic mass is 9.92. The highest BCUT2D eigenvalue weighted by atomic mass is 79.9. The quantitative estimate of drug-likeness (QED) is 0.670. The van der Waals surface area contributed by atoms with Gasteiger partial charge in [0.1, 0.15) is 6.04 Å². The van der Waals surface area contributed by atoms with E-state index in [0.717, 1.165) is 46.8 Å². The fourth-order valence-electron chi connectivity index (χ4n) is 4.08. The Morgan fingerprint density at radius 3 is 2.48 bits per heavy atom. The molecule has 0 radical (unpaired) electrons. The van der Waals surface area contributed by atoms with E-state index < -0.39 is 6.04 Å². The Morgan fingerprint density at radius 2 is 1.78 bits per heavy atom. The number of rotatable bonds is 3.